The minimum Gasteiger partial charge on any atom is -0.382 e. The lowest BCUT2D eigenvalue weighted by Crippen LogP contribution is -2.29. The maximum Gasteiger partial charge on any atom is 0.261 e. The summed E-state index contributed by atoms with van der Waals surface area (Å²) in [7, 11) is 0. The van der Waals surface area contributed by atoms with Crippen molar-refractivity contribution < 1.29 is 9.53 Å². The van der Waals surface area contributed by atoms with Crippen molar-refractivity contribution in [3.8, 4) is 0 Å². The zero-order chi connectivity index (χ0) is 20.1. The summed E-state index contributed by atoms with van der Waals surface area (Å²) in [5, 5.41) is 2.93. The third-order valence-electron chi connectivity index (χ3n) is 4.74. The number of nitrogens with zero attached hydrogens (tertiary/aromatic N) is 1. The van der Waals surface area contributed by atoms with Gasteiger partial charge in [0.25, 0.3) is 5.91 Å². The van der Waals surface area contributed by atoms with Gasteiger partial charge in [-0.15, -0.1) is 0 Å². The van der Waals surface area contributed by atoms with Crippen molar-refractivity contribution in [1.82, 2.24) is 4.57 Å². The summed E-state index contributed by atoms with van der Waals surface area (Å²) in [6, 6.07) is 5.82. The predicted octanol–water partition coefficient (Wildman–Crippen LogP) is 4.52. The highest BCUT2D eigenvalue weighted by Gasteiger charge is 2.22. The maximum atomic E-state index is 13.0. The number of ether oxygens (including phenoxy) is 1. The lowest BCUT2D eigenvalue weighted by molar-refractivity contribution is 0.102. The quantitative estimate of drug-likeness (QED) is 0.651. The first-order valence-electron chi connectivity index (χ1n) is 9.14. The summed E-state index contributed by atoms with van der Waals surface area (Å²) < 4.78 is 7.84. The van der Waals surface area contributed by atoms with Gasteiger partial charge >= 0.3 is 0 Å². The van der Waals surface area contributed by atoms with Crippen LogP contribution in [0.25, 0.3) is 0 Å². The molecule has 0 aliphatic heterocycles. The first-order chi connectivity index (χ1) is 12.8. The largest absolute Gasteiger partial charge is 0.382 e. The number of para-hydroxylation sites is 1. The minimum absolute atomic E-state index is 0.173. The fourth-order valence-corrected chi connectivity index (χ4v) is 3.62. The van der Waals surface area contributed by atoms with Crippen molar-refractivity contribution in [2.75, 3.05) is 18.5 Å². The molecular formula is C21H27BrN2O3. The Kier molecular flexibility index (Phi) is 7.39. The predicted molar refractivity (Wildman–Crippen MR) is 113 cm³/mol. The first-order valence-corrected chi connectivity index (χ1v) is 9.93. The van der Waals surface area contributed by atoms with Gasteiger partial charge in [-0.1, -0.05) is 18.2 Å². The van der Waals surface area contributed by atoms with Gasteiger partial charge in [-0.25, -0.2) is 0 Å². The number of aryl methyl sites for hydroxylation is 2. The number of hydrogen-bond donors (Lipinski definition) is 1. The average molecular weight is 435 g/mol. The van der Waals surface area contributed by atoms with Crippen LogP contribution in [0.5, 0.6) is 0 Å². The maximum absolute atomic E-state index is 13.0. The third-order valence-corrected chi connectivity index (χ3v) is 5.67. The number of amides is 1. The number of hydrogen-bond acceptors (Lipinski definition) is 3. The first kappa shape index (κ1) is 21.4. The Bertz CT molecular complexity index is 883. The standard InChI is InChI=1S/C21H27BrN2O3/c1-6-27-12-8-11-24-15(4)17(20(25)18(22)16(24)5)21(26)23-19-13(2)9-7-10-14(19)3/h7,9-10H,6,8,11-12H2,1-5H3,(H,23,26). The Balaban J connectivity index is 2.42. The second-order valence-electron chi connectivity index (χ2n) is 6.61. The molecule has 5 nitrogen and oxygen atoms in total. The second-order valence-corrected chi connectivity index (χ2v) is 7.40. The van der Waals surface area contributed by atoms with E-state index in [0.29, 0.717) is 29.9 Å². The van der Waals surface area contributed by atoms with Crippen LogP contribution >= 0.6 is 15.9 Å². The van der Waals surface area contributed by atoms with E-state index >= 15 is 0 Å². The molecule has 1 N–H and O–H groups in total. The van der Waals surface area contributed by atoms with E-state index in [9.17, 15) is 9.59 Å². The van der Waals surface area contributed by atoms with Crippen LogP contribution in [-0.4, -0.2) is 23.7 Å². The lowest BCUT2D eigenvalue weighted by atomic mass is 10.1. The SMILES string of the molecule is CCOCCCn1c(C)c(Br)c(=O)c(C(=O)Nc2c(C)cccc2C)c1C. The van der Waals surface area contributed by atoms with Gasteiger partial charge in [-0.3, -0.25) is 9.59 Å². The molecule has 0 saturated carbocycles. The highest BCUT2D eigenvalue weighted by atomic mass is 79.9. The van der Waals surface area contributed by atoms with E-state index in [1.807, 2.05) is 57.4 Å². The van der Waals surface area contributed by atoms with Crippen LogP contribution < -0.4 is 10.7 Å². The Morgan fingerprint density at radius 1 is 1.15 bits per heavy atom. The summed E-state index contributed by atoms with van der Waals surface area (Å²) in [5.74, 6) is -0.380. The van der Waals surface area contributed by atoms with E-state index < -0.39 is 0 Å². The van der Waals surface area contributed by atoms with Gasteiger partial charge in [0.15, 0.2) is 0 Å². The van der Waals surface area contributed by atoms with Gasteiger partial charge < -0.3 is 14.6 Å². The summed E-state index contributed by atoms with van der Waals surface area (Å²) in [6.07, 6.45) is 0.808. The van der Waals surface area contributed by atoms with Gasteiger partial charge in [0.1, 0.15) is 5.56 Å². The van der Waals surface area contributed by atoms with E-state index in [1.165, 1.54) is 0 Å². The average Bonchev–Trinajstić information content (AvgIpc) is 2.62. The molecule has 0 aliphatic rings. The lowest BCUT2D eigenvalue weighted by Gasteiger charge is -2.19. The van der Waals surface area contributed by atoms with Crippen LogP contribution in [0.15, 0.2) is 27.5 Å². The van der Waals surface area contributed by atoms with Crippen molar-refractivity contribution in [1.29, 1.82) is 0 Å². The van der Waals surface area contributed by atoms with Gasteiger partial charge in [0, 0.05) is 36.8 Å². The van der Waals surface area contributed by atoms with E-state index in [1.54, 1.807) is 0 Å². The molecule has 1 amide bonds. The molecule has 0 radical (unpaired) electrons. The number of benzene rings is 1. The Labute approximate surface area is 168 Å². The molecule has 0 fully saturated rings. The molecule has 0 saturated heterocycles. The van der Waals surface area contributed by atoms with Crippen molar-refractivity contribution in [2.24, 2.45) is 0 Å². The van der Waals surface area contributed by atoms with Crippen molar-refractivity contribution in [3.63, 3.8) is 0 Å². The molecule has 0 unspecified atom stereocenters. The molecule has 2 aromatic rings. The monoisotopic (exact) mass is 434 g/mol. The Morgan fingerprint density at radius 3 is 2.37 bits per heavy atom. The molecule has 1 aromatic carbocycles. The zero-order valence-electron chi connectivity index (χ0n) is 16.6. The van der Waals surface area contributed by atoms with Crippen LogP contribution in [0.2, 0.25) is 0 Å². The van der Waals surface area contributed by atoms with E-state index in [0.717, 1.165) is 28.9 Å². The molecule has 0 atom stereocenters. The molecule has 146 valence electrons. The number of carbonyl (C=O) groups is 1. The molecule has 0 spiro atoms. The Hall–Kier alpha value is -1.92. The van der Waals surface area contributed by atoms with Crippen LogP contribution in [0.4, 0.5) is 5.69 Å². The van der Waals surface area contributed by atoms with Gasteiger partial charge in [0.05, 0.1) is 4.47 Å². The highest BCUT2D eigenvalue weighted by Crippen LogP contribution is 2.22. The third kappa shape index (κ3) is 4.68. The van der Waals surface area contributed by atoms with Gasteiger partial charge in [-0.05, 0) is 68.1 Å². The summed E-state index contributed by atoms with van der Waals surface area (Å²) in [4.78, 5) is 25.8. The molecule has 6 heteroatoms. The second kappa shape index (κ2) is 9.33. The molecule has 1 heterocycles. The Morgan fingerprint density at radius 2 is 1.78 bits per heavy atom. The van der Waals surface area contributed by atoms with Gasteiger partial charge in [0.2, 0.25) is 5.43 Å². The molecule has 1 aromatic heterocycles. The number of halogens is 1. The molecule has 27 heavy (non-hydrogen) atoms. The normalized spacial score (nSPS) is 10.9. The number of anilines is 1. The van der Waals surface area contributed by atoms with Gasteiger partial charge in [-0.2, -0.15) is 0 Å². The number of carbonyl (C=O) groups excluding carboxylic acids is 1. The smallest absolute Gasteiger partial charge is 0.261 e. The van der Waals surface area contributed by atoms with Crippen LogP contribution in [-0.2, 0) is 11.3 Å². The van der Waals surface area contributed by atoms with E-state index in [-0.39, 0.29) is 16.9 Å². The molecule has 0 bridgehead atoms. The van der Waals surface area contributed by atoms with Crippen LogP contribution in [0.3, 0.4) is 0 Å². The minimum atomic E-state index is -0.380. The fraction of sp³-hybridized carbons (Fsp3) is 0.429. The summed E-state index contributed by atoms with van der Waals surface area (Å²) >= 11 is 3.38. The molecule has 0 aliphatic carbocycles. The molecule has 2 rings (SSSR count). The van der Waals surface area contributed by atoms with E-state index in [2.05, 4.69) is 21.2 Å². The number of rotatable bonds is 7. The van der Waals surface area contributed by atoms with Crippen molar-refractivity contribution in [2.45, 2.75) is 47.6 Å². The summed E-state index contributed by atoms with van der Waals surface area (Å²) in [6.45, 7) is 11.5. The highest BCUT2D eigenvalue weighted by molar-refractivity contribution is 9.10. The van der Waals surface area contributed by atoms with Crippen LogP contribution in [0, 0.1) is 27.7 Å². The number of pyridine rings is 1. The van der Waals surface area contributed by atoms with Crippen molar-refractivity contribution >= 4 is 27.5 Å². The van der Waals surface area contributed by atoms with E-state index in [4.69, 9.17) is 4.74 Å². The number of aromatic nitrogens is 1. The summed E-state index contributed by atoms with van der Waals surface area (Å²) in [5.41, 5.74) is 4.05. The van der Waals surface area contributed by atoms with Crippen molar-refractivity contribution in [3.05, 3.63) is 61.0 Å². The zero-order valence-corrected chi connectivity index (χ0v) is 18.2. The van der Waals surface area contributed by atoms with Crippen LogP contribution in [0.1, 0.15) is 46.2 Å². The fourth-order valence-electron chi connectivity index (χ4n) is 3.20. The molecular weight excluding hydrogens is 408 g/mol. The topological polar surface area (TPSA) is 60.3 Å². The number of nitrogens with one attached hydrogen (secondary N) is 1.